The number of carbonyl (C=O) groups excluding carboxylic acids is 2. The van der Waals surface area contributed by atoms with Gasteiger partial charge in [-0.3, -0.25) is 14.5 Å². The van der Waals surface area contributed by atoms with Crippen LogP contribution in [0.1, 0.15) is 18.1 Å². The van der Waals surface area contributed by atoms with E-state index >= 15 is 0 Å². The van der Waals surface area contributed by atoms with Gasteiger partial charge in [-0.2, -0.15) is 0 Å². The van der Waals surface area contributed by atoms with Crippen molar-refractivity contribution in [1.29, 1.82) is 0 Å². The fourth-order valence-corrected chi connectivity index (χ4v) is 3.03. The van der Waals surface area contributed by atoms with Crippen LogP contribution in [0.5, 0.6) is 11.5 Å². The average Bonchev–Trinajstić information content (AvgIpc) is 2.74. The highest BCUT2D eigenvalue weighted by atomic mass is 16.5. The summed E-state index contributed by atoms with van der Waals surface area (Å²) in [5.41, 5.74) is 2.77. The smallest absolute Gasteiger partial charge is 0.243 e. The normalized spacial score (nSPS) is 11.7. The molecule has 0 aliphatic carbocycles. The molecule has 162 valence electrons. The van der Waals surface area contributed by atoms with Crippen LogP contribution in [0.25, 0.3) is 0 Å². The van der Waals surface area contributed by atoms with Gasteiger partial charge in [0, 0.05) is 30.9 Å². The highest BCUT2D eigenvalue weighted by Crippen LogP contribution is 2.26. The maximum absolute atomic E-state index is 12.8. The first-order valence-electron chi connectivity index (χ1n) is 9.77. The molecule has 0 unspecified atom stereocenters. The standard InChI is InChI=1S/C23H31N3O4/c1-16-7-10-19(11-8-16)24-22(27)15-26(4)23(28)17(2)25(3)14-18-9-12-20(29-5)13-21(18)30-6/h7-13,17H,14-15H2,1-6H3,(H,24,27)/t17-/m0/s1. The van der Waals surface area contributed by atoms with Gasteiger partial charge in [0.2, 0.25) is 11.8 Å². The zero-order valence-corrected chi connectivity index (χ0v) is 18.6. The number of likely N-dealkylation sites (N-methyl/N-ethyl adjacent to an activating group) is 2. The third-order valence-electron chi connectivity index (χ3n) is 5.02. The molecule has 0 saturated carbocycles. The zero-order chi connectivity index (χ0) is 22.3. The molecular weight excluding hydrogens is 382 g/mol. The zero-order valence-electron chi connectivity index (χ0n) is 18.6. The van der Waals surface area contributed by atoms with E-state index < -0.39 is 6.04 Å². The fourth-order valence-electron chi connectivity index (χ4n) is 3.03. The molecule has 0 heterocycles. The Kier molecular flexibility index (Phi) is 8.24. The number of anilines is 1. The summed E-state index contributed by atoms with van der Waals surface area (Å²) in [5.74, 6) is 1.04. The maximum Gasteiger partial charge on any atom is 0.243 e. The van der Waals surface area contributed by atoms with Crippen molar-refractivity contribution in [2.45, 2.75) is 26.4 Å². The van der Waals surface area contributed by atoms with Gasteiger partial charge in [-0.05, 0) is 39.1 Å². The molecule has 0 aliphatic heterocycles. The van der Waals surface area contributed by atoms with Crippen LogP contribution in [-0.4, -0.2) is 62.5 Å². The van der Waals surface area contributed by atoms with E-state index in [9.17, 15) is 9.59 Å². The van der Waals surface area contributed by atoms with Crippen molar-refractivity contribution in [2.75, 3.05) is 40.2 Å². The second-order valence-electron chi connectivity index (χ2n) is 7.38. The Labute approximate surface area is 178 Å². The number of hydrogen-bond donors (Lipinski definition) is 1. The van der Waals surface area contributed by atoms with Crippen molar-refractivity contribution in [3.8, 4) is 11.5 Å². The number of amides is 2. The minimum Gasteiger partial charge on any atom is -0.497 e. The summed E-state index contributed by atoms with van der Waals surface area (Å²) in [7, 11) is 6.71. The minimum absolute atomic E-state index is 0.0171. The molecule has 2 aromatic rings. The number of nitrogens with zero attached hydrogens (tertiary/aromatic N) is 2. The lowest BCUT2D eigenvalue weighted by atomic mass is 10.1. The molecule has 2 amide bonds. The van der Waals surface area contributed by atoms with Crippen LogP contribution < -0.4 is 14.8 Å². The number of rotatable bonds is 9. The molecule has 0 bridgehead atoms. The number of hydrogen-bond acceptors (Lipinski definition) is 5. The second-order valence-corrected chi connectivity index (χ2v) is 7.38. The molecule has 2 rings (SSSR count). The van der Waals surface area contributed by atoms with Crippen LogP contribution in [0.15, 0.2) is 42.5 Å². The first-order valence-corrected chi connectivity index (χ1v) is 9.77. The number of aryl methyl sites for hydroxylation is 1. The van der Waals surface area contributed by atoms with E-state index in [4.69, 9.17) is 9.47 Å². The Balaban J connectivity index is 1.94. The third kappa shape index (κ3) is 6.22. The number of nitrogens with one attached hydrogen (secondary N) is 1. The molecule has 2 aromatic carbocycles. The van der Waals surface area contributed by atoms with Gasteiger partial charge in [0.1, 0.15) is 11.5 Å². The lowest BCUT2D eigenvalue weighted by Crippen LogP contribution is -2.46. The molecule has 0 radical (unpaired) electrons. The van der Waals surface area contributed by atoms with Crippen LogP contribution in [-0.2, 0) is 16.1 Å². The highest BCUT2D eigenvalue weighted by Gasteiger charge is 2.24. The summed E-state index contributed by atoms with van der Waals surface area (Å²) in [6, 6.07) is 12.7. The van der Waals surface area contributed by atoms with Crippen LogP contribution in [0, 0.1) is 6.92 Å². The van der Waals surface area contributed by atoms with E-state index in [1.54, 1.807) is 21.3 Å². The van der Waals surface area contributed by atoms with Crippen molar-refractivity contribution in [2.24, 2.45) is 0 Å². The summed E-state index contributed by atoms with van der Waals surface area (Å²) < 4.78 is 10.7. The molecular formula is C23H31N3O4. The number of methoxy groups -OCH3 is 2. The predicted octanol–water partition coefficient (Wildman–Crippen LogP) is 2.93. The van der Waals surface area contributed by atoms with E-state index in [1.165, 1.54) is 4.90 Å². The van der Waals surface area contributed by atoms with Crippen LogP contribution in [0.3, 0.4) is 0 Å². The summed E-state index contributed by atoms with van der Waals surface area (Å²) in [5, 5.41) is 2.81. The van der Waals surface area contributed by atoms with Gasteiger partial charge in [-0.1, -0.05) is 23.8 Å². The molecule has 0 fully saturated rings. The first kappa shape index (κ1) is 23.2. The van der Waals surface area contributed by atoms with E-state index in [1.807, 2.05) is 68.3 Å². The largest absolute Gasteiger partial charge is 0.497 e. The Hall–Kier alpha value is -3.06. The summed E-state index contributed by atoms with van der Waals surface area (Å²) in [6.45, 7) is 4.31. The summed E-state index contributed by atoms with van der Waals surface area (Å²) in [6.07, 6.45) is 0. The van der Waals surface area contributed by atoms with Gasteiger partial charge in [-0.25, -0.2) is 0 Å². The number of benzene rings is 2. The quantitative estimate of drug-likeness (QED) is 0.684. The van der Waals surface area contributed by atoms with Gasteiger partial charge >= 0.3 is 0 Å². The van der Waals surface area contributed by atoms with Crippen LogP contribution in [0.2, 0.25) is 0 Å². The van der Waals surface area contributed by atoms with Crippen molar-refractivity contribution in [1.82, 2.24) is 9.80 Å². The van der Waals surface area contributed by atoms with Gasteiger partial charge in [0.25, 0.3) is 0 Å². The van der Waals surface area contributed by atoms with Crippen LogP contribution >= 0.6 is 0 Å². The Morgan fingerprint density at radius 2 is 1.70 bits per heavy atom. The minimum atomic E-state index is -0.408. The summed E-state index contributed by atoms with van der Waals surface area (Å²) >= 11 is 0. The monoisotopic (exact) mass is 413 g/mol. The molecule has 0 saturated heterocycles. The fraction of sp³-hybridized carbons (Fsp3) is 0.391. The molecule has 30 heavy (non-hydrogen) atoms. The average molecular weight is 414 g/mol. The van der Waals surface area contributed by atoms with E-state index in [-0.39, 0.29) is 18.4 Å². The molecule has 7 heteroatoms. The van der Waals surface area contributed by atoms with Crippen molar-refractivity contribution in [3.05, 3.63) is 53.6 Å². The van der Waals surface area contributed by atoms with Crippen molar-refractivity contribution < 1.29 is 19.1 Å². The highest BCUT2D eigenvalue weighted by molar-refractivity contribution is 5.95. The predicted molar refractivity (Wildman–Crippen MR) is 118 cm³/mol. The van der Waals surface area contributed by atoms with Crippen LogP contribution in [0.4, 0.5) is 5.69 Å². The molecule has 0 aliphatic rings. The van der Waals surface area contributed by atoms with Gasteiger partial charge in [0.05, 0.1) is 26.8 Å². The van der Waals surface area contributed by atoms with Gasteiger partial charge in [-0.15, -0.1) is 0 Å². The van der Waals surface area contributed by atoms with Crippen molar-refractivity contribution in [3.63, 3.8) is 0 Å². The number of carbonyl (C=O) groups is 2. The topological polar surface area (TPSA) is 71.1 Å². The molecule has 1 N–H and O–H groups in total. The maximum atomic E-state index is 12.8. The Morgan fingerprint density at radius 1 is 1.03 bits per heavy atom. The first-order chi connectivity index (χ1) is 14.2. The molecule has 1 atom stereocenters. The Bertz CT molecular complexity index is 867. The lowest BCUT2D eigenvalue weighted by Gasteiger charge is -2.28. The third-order valence-corrected chi connectivity index (χ3v) is 5.02. The van der Waals surface area contributed by atoms with Gasteiger partial charge in [0.15, 0.2) is 0 Å². The second kappa shape index (κ2) is 10.6. The van der Waals surface area contributed by atoms with E-state index in [0.717, 1.165) is 11.1 Å². The number of ether oxygens (including phenoxy) is 2. The Morgan fingerprint density at radius 3 is 2.30 bits per heavy atom. The van der Waals surface area contributed by atoms with Crippen molar-refractivity contribution >= 4 is 17.5 Å². The van der Waals surface area contributed by atoms with E-state index in [0.29, 0.717) is 23.7 Å². The molecule has 0 spiro atoms. The molecule has 0 aromatic heterocycles. The van der Waals surface area contributed by atoms with Gasteiger partial charge < -0.3 is 19.7 Å². The van der Waals surface area contributed by atoms with E-state index in [2.05, 4.69) is 5.32 Å². The lowest BCUT2D eigenvalue weighted by molar-refractivity contribution is -0.137. The summed E-state index contributed by atoms with van der Waals surface area (Å²) in [4.78, 5) is 28.5. The SMILES string of the molecule is COc1ccc(CN(C)[C@@H](C)C(=O)N(C)CC(=O)Nc2ccc(C)cc2)c(OC)c1. The molecule has 7 nitrogen and oxygen atoms in total.